The number of nitrogens with zero attached hydrogens (tertiary/aromatic N) is 2. The Labute approximate surface area is 90.3 Å². The predicted octanol–water partition coefficient (Wildman–Crippen LogP) is 1.38. The van der Waals surface area contributed by atoms with E-state index in [1.54, 1.807) is 0 Å². The van der Waals surface area contributed by atoms with Crippen molar-refractivity contribution in [3.8, 4) is 6.07 Å². The molecule has 2 rings (SSSR count). The zero-order valence-corrected chi connectivity index (χ0v) is 8.69. The first-order chi connectivity index (χ1) is 7.42. The molecule has 3 nitrogen and oxygen atoms in total. The molecule has 15 heavy (non-hydrogen) atoms. The van der Waals surface area contributed by atoms with Crippen LogP contribution in [0.25, 0.3) is 0 Å². The van der Waals surface area contributed by atoms with Crippen molar-refractivity contribution in [2.24, 2.45) is 0 Å². The van der Waals surface area contributed by atoms with Crippen molar-refractivity contribution in [1.29, 1.82) is 5.26 Å². The van der Waals surface area contributed by atoms with Crippen molar-refractivity contribution in [2.45, 2.75) is 12.5 Å². The van der Waals surface area contributed by atoms with E-state index in [1.165, 1.54) is 5.69 Å². The SMILES string of the molecule is N#CCCN(c1ccccc1)C1CNC1. The normalized spacial score (nSPS) is 15.4. The topological polar surface area (TPSA) is 39.1 Å². The highest BCUT2D eigenvalue weighted by Crippen LogP contribution is 2.18. The number of benzene rings is 1. The van der Waals surface area contributed by atoms with E-state index in [1.807, 2.05) is 18.2 Å². The first-order valence-corrected chi connectivity index (χ1v) is 5.31. The van der Waals surface area contributed by atoms with Crippen LogP contribution in [-0.4, -0.2) is 25.7 Å². The van der Waals surface area contributed by atoms with Crippen LogP contribution in [0.2, 0.25) is 0 Å². The lowest BCUT2D eigenvalue weighted by Crippen LogP contribution is -2.57. The number of rotatable bonds is 4. The number of para-hydroxylation sites is 1. The van der Waals surface area contributed by atoms with Crippen LogP contribution < -0.4 is 10.2 Å². The van der Waals surface area contributed by atoms with Gasteiger partial charge in [0.05, 0.1) is 18.5 Å². The molecule has 78 valence electrons. The van der Waals surface area contributed by atoms with Gasteiger partial charge in [-0.05, 0) is 12.1 Å². The van der Waals surface area contributed by atoms with Crippen LogP contribution in [0.4, 0.5) is 5.69 Å². The molecular formula is C12H15N3. The van der Waals surface area contributed by atoms with Gasteiger partial charge in [0.1, 0.15) is 0 Å². The summed E-state index contributed by atoms with van der Waals surface area (Å²) in [5, 5.41) is 11.9. The molecule has 1 aromatic carbocycles. The monoisotopic (exact) mass is 201 g/mol. The first-order valence-electron chi connectivity index (χ1n) is 5.31. The van der Waals surface area contributed by atoms with E-state index in [0.29, 0.717) is 12.5 Å². The standard InChI is InChI=1S/C12H15N3/c13-7-4-8-15(12-9-14-10-12)11-5-2-1-3-6-11/h1-3,5-6,12,14H,4,8-10H2. The lowest BCUT2D eigenvalue weighted by Gasteiger charge is -2.39. The van der Waals surface area contributed by atoms with Gasteiger partial charge in [-0.25, -0.2) is 0 Å². The Kier molecular flexibility index (Phi) is 3.21. The van der Waals surface area contributed by atoms with Crippen molar-refractivity contribution in [1.82, 2.24) is 5.32 Å². The second-order valence-electron chi connectivity index (χ2n) is 3.75. The minimum absolute atomic E-state index is 0.556. The Bertz CT molecular complexity index is 338. The molecule has 0 radical (unpaired) electrons. The number of hydrogen-bond acceptors (Lipinski definition) is 3. The van der Waals surface area contributed by atoms with Crippen molar-refractivity contribution < 1.29 is 0 Å². The van der Waals surface area contributed by atoms with E-state index >= 15 is 0 Å². The van der Waals surface area contributed by atoms with Crippen LogP contribution >= 0.6 is 0 Å². The number of nitrogens with one attached hydrogen (secondary N) is 1. The lowest BCUT2D eigenvalue weighted by molar-refractivity contribution is 0.415. The zero-order valence-electron chi connectivity index (χ0n) is 8.69. The molecule has 1 heterocycles. The van der Waals surface area contributed by atoms with E-state index in [2.05, 4.69) is 28.4 Å². The fraction of sp³-hybridized carbons (Fsp3) is 0.417. The third-order valence-electron chi connectivity index (χ3n) is 2.75. The van der Waals surface area contributed by atoms with Crippen LogP contribution in [-0.2, 0) is 0 Å². The molecule has 1 N–H and O–H groups in total. The molecule has 0 spiro atoms. The fourth-order valence-corrected chi connectivity index (χ4v) is 1.81. The molecule has 1 aliphatic rings. The molecule has 0 bridgehead atoms. The van der Waals surface area contributed by atoms with Gasteiger partial charge in [0.25, 0.3) is 0 Å². The molecule has 0 atom stereocenters. The molecule has 1 aliphatic heterocycles. The molecular weight excluding hydrogens is 186 g/mol. The van der Waals surface area contributed by atoms with Crippen LogP contribution in [0.3, 0.4) is 0 Å². The van der Waals surface area contributed by atoms with Gasteiger partial charge in [0.2, 0.25) is 0 Å². The summed E-state index contributed by atoms with van der Waals surface area (Å²) in [7, 11) is 0. The fourth-order valence-electron chi connectivity index (χ4n) is 1.81. The second-order valence-corrected chi connectivity index (χ2v) is 3.75. The Hall–Kier alpha value is -1.53. The van der Waals surface area contributed by atoms with Gasteiger partial charge in [-0.15, -0.1) is 0 Å². The van der Waals surface area contributed by atoms with Gasteiger partial charge in [-0.3, -0.25) is 0 Å². The average molecular weight is 201 g/mol. The van der Waals surface area contributed by atoms with Gasteiger partial charge in [-0.2, -0.15) is 5.26 Å². The molecule has 0 saturated carbocycles. The Morgan fingerprint density at radius 3 is 2.60 bits per heavy atom. The Balaban J connectivity index is 2.08. The highest BCUT2D eigenvalue weighted by Gasteiger charge is 2.24. The Morgan fingerprint density at radius 1 is 1.33 bits per heavy atom. The van der Waals surface area contributed by atoms with E-state index in [0.717, 1.165) is 19.6 Å². The van der Waals surface area contributed by atoms with Gasteiger partial charge in [0, 0.05) is 25.3 Å². The van der Waals surface area contributed by atoms with Crippen molar-refractivity contribution in [2.75, 3.05) is 24.5 Å². The molecule has 1 aromatic rings. The summed E-state index contributed by atoms with van der Waals surface area (Å²) in [6.07, 6.45) is 0.589. The molecule has 3 heteroatoms. The van der Waals surface area contributed by atoms with E-state index in [9.17, 15) is 0 Å². The van der Waals surface area contributed by atoms with Crippen molar-refractivity contribution >= 4 is 5.69 Å². The largest absolute Gasteiger partial charge is 0.365 e. The maximum Gasteiger partial charge on any atom is 0.0640 e. The number of hydrogen-bond donors (Lipinski definition) is 1. The second kappa shape index (κ2) is 4.81. The minimum Gasteiger partial charge on any atom is -0.365 e. The summed E-state index contributed by atoms with van der Waals surface area (Å²) in [6.45, 7) is 2.88. The number of nitriles is 1. The van der Waals surface area contributed by atoms with E-state index < -0.39 is 0 Å². The lowest BCUT2D eigenvalue weighted by atomic mass is 10.1. The summed E-state index contributed by atoms with van der Waals surface area (Å²) < 4.78 is 0. The molecule has 1 saturated heterocycles. The van der Waals surface area contributed by atoms with E-state index in [-0.39, 0.29) is 0 Å². The van der Waals surface area contributed by atoms with Crippen molar-refractivity contribution in [3.63, 3.8) is 0 Å². The maximum absolute atomic E-state index is 8.64. The molecule has 1 fully saturated rings. The number of anilines is 1. The highest BCUT2D eigenvalue weighted by molar-refractivity contribution is 5.48. The summed E-state index contributed by atoms with van der Waals surface area (Å²) in [6, 6.07) is 13.1. The van der Waals surface area contributed by atoms with Gasteiger partial charge < -0.3 is 10.2 Å². The minimum atomic E-state index is 0.556. The molecule has 0 amide bonds. The first kappa shape index (κ1) is 10.0. The highest BCUT2D eigenvalue weighted by atomic mass is 15.2. The summed E-state index contributed by atoms with van der Waals surface area (Å²) in [5.74, 6) is 0. The summed E-state index contributed by atoms with van der Waals surface area (Å²) >= 11 is 0. The summed E-state index contributed by atoms with van der Waals surface area (Å²) in [5.41, 5.74) is 1.22. The van der Waals surface area contributed by atoms with Crippen LogP contribution in [0.1, 0.15) is 6.42 Å². The smallest absolute Gasteiger partial charge is 0.0640 e. The third-order valence-corrected chi connectivity index (χ3v) is 2.75. The molecule has 0 aliphatic carbocycles. The van der Waals surface area contributed by atoms with Gasteiger partial charge >= 0.3 is 0 Å². The van der Waals surface area contributed by atoms with Crippen molar-refractivity contribution in [3.05, 3.63) is 30.3 Å². The summed E-state index contributed by atoms with van der Waals surface area (Å²) in [4.78, 5) is 2.32. The quantitative estimate of drug-likeness (QED) is 0.800. The zero-order chi connectivity index (χ0) is 10.5. The van der Waals surface area contributed by atoms with Crippen LogP contribution in [0.15, 0.2) is 30.3 Å². The maximum atomic E-state index is 8.64. The Morgan fingerprint density at radius 2 is 2.07 bits per heavy atom. The third kappa shape index (κ3) is 2.28. The van der Waals surface area contributed by atoms with Crippen LogP contribution in [0, 0.1) is 11.3 Å². The molecule has 0 unspecified atom stereocenters. The molecule has 0 aromatic heterocycles. The predicted molar refractivity (Wildman–Crippen MR) is 60.7 cm³/mol. The van der Waals surface area contributed by atoms with Gasteiger partial charge in [0.15, 0.2) is 0 Å². The van der Waals surface area contributed by atoms with Crippen LogP contribution in [0.5, 0.6) is 0 Å². The van der Waals surface area contributed by atoms with Gasteiger partial charge in [-0.1, -0.05) is 18.2 Å². The van der Waals surface area contributed by atoms with E-state index in [4.69, 9.17) is 5.26 Å². The average Bonchev–Trinajstić information content (AvgIpc) is 2.22.